The number of hydrogen-bond acceptors (Lipinski definition) is 5. The van der Waals surface area contributed by atoms with Crippen molar-refractivity contribution in [3.63, 3.8) is 0 Å². The number of piperazine rings is 1. The highest BCUT2D eigenvalue weighted by atomic mass is 32.1. The molecule has 1 fully saturated rings. The van der Waals surface area contributed by atoms with E-state index in [4.69, 9.17) is 0 Å². The van der Waals surface area contributed by atoms with Crippen LogP contribution < -0.4 is 15.5 Å². The van der Waals surface area contributed by atoms with Crippen LogP contribution in [0.4, 0.5) is 5.69 Å². The minimum Gasteiger partial charge on any atom is -0.369 e. The minimum absolute atomic E-state index is 0.0268. The van der Waals surface area contributed by atoms with Crippen molar-refractivity contribution in [1.29, 1.82) is 0 Å². The highest BCUT2D eigenvalue weighted by Gasteiger charge is 2.31. The first-order chi connectivity index (χ1) is 16.6. The Bertz CT molecular complexity index is 1040. The Labute approximate surface area is 205 Å². The van der Waals surface area contributed by atoms with Crippen LogP contribution in [0.5, 0.6) is 0 Å². The topological polar surface area (TPSA) is 64.7 Å². The summed E-state index contributed by atoms with van der Waals surface area (Å²) in [6, 6.07) is 24.4. The van der Waals surface area contributed by atoms with Crippen molar-refractivity contribution in [2.24, 2.45) is 0 Å². The first-order valence-electron chi connectivity index (χ1n) is 11.8. The van der Waals surface area contributed by atoms with E-state index in [1.165, 1.54) is 10.6 Å². The van der Waals surface area contributed by atoms with E-state index in [1.807, 2.05) is 49.4 Å². The van der Waals surface area contributed by atoms with Gasteiger partial charge >= 0.3 is 11.8 Å². The molecule has 0 spiro atoms. The molecule has 1 aliphatic rings. The number of benzene rings is 2. The van der Waals surface area contributed by atoms with Crippen molar-refractivity contribution < 1.29 is 9.59 Å². The van der Waals surface area contributed by atoms with Crippen LogP contribution >= 0.6 is 11.3 Å². The lowest BCUT2D eigenvalue weighted by atomic mass is 10.0. The maximum absolute atomic E-state index is 12.6. The van der Waals surface area contributed by atoms with Gasteiger partial charge in [-0.3, -0.25) is 14.5 Å². The average Bonchev–Trinajstić information content (AvgIpc) is 3.40. The summed E-state index contributed by atoms with van der Waals surface area (Å²) in [6.45, 7) is 6.05. The van der Waals surface area contributed by atoms with Gasteiger partial charge in [-0.1, -0.05) is 54.6 Å². The molecule has 2 N–H and O–H groups in total. The van der Waals surface area contributed by atoms with Crippen molar-refractivity contribution in [3.05, 3.63) is 88.6 Å². The maximum atomic E-state index is 12.6. The van der Waals surface area contributed by atoms with E-state index in [2.05, 4.69) is 56.1 Å². The normalized spacial score (nSPS) is 16.0. The lowest BCUT2D eigenvalue weighted by molar-refractivity contribution is -0.139. The van der Waals surface area contributed by atoms with Gasteiger partial charge in [-0.25, -0.2) is 0 Å². The second-order valence-corrected chi connectivity index (χ2v) is 9.55. The zero-order chi connectivity index (χ0) is 23.8. The lowest BCUT2D eigenvalue weighted by Gasteiger charge is -2.42. The molecule has 34 heavy (non-hydrogen) atoms. The Balaban J connectivity index is 1.33. The van der Waals surface area contributed by atoms with Gasteiger partial charge in [0.1, 0.15) is 0 Å². The molecule has 2 heterocycles. The lowest BCUT2D eigenvalue weighted by Crippen LogP contribution is -2.53. The van der Waals surface area contributed by atoms with Crippen LogP contribution in [0.25, 0.3) is 0 Å². The molecule has 0 bridgehead atoms. The molecule has 2 amide bonds. The second-order valence-electron chi connectivity index (χ2n) is 8.57. The van der Waals surface area contributed by atoms with Crippen LogP contribution in [0, 0.1) is 0 Å². The molecular formula is C27H32N4O2S. The molecule has 6 nitrogen and oxygen atoms in total. The monoisotopic (exact) mass is 476 g/mol. The summed E-state index contributed by atoms with van der Waals surface area (Å²) in [6.07, 6.45) is 0.693. The van der Waals surface area contributed by atoms with E-state index < -0.39 is 11.8 Å². The van der Waals surface area contributed by atoms with Crippen molar-refractivity contribution in [2.45, 2.75) is 25.4 Å². The molecule has 1 saturated heterocycles. The van der Waals surface area contributed by atoms with E-state index in [-0.39, 0.29) is 12.1 Å². The van der Waals surface area contributed by atoms with Crippen molar-refractivity contribution in [3.8, 4) is 0 Å². The summed E-state index contributed by atoms with van der Waals surface area (Å²) in [5.41, 5.74) is 2.37. The van der Waals surface area contributed by atoms with Gasteiger partial charge in [0.25, 0.3) is 0 Å². The number of carbonyl (C=O) groups excluding carboxylic acids is 2. The molecule has 4 rings (SSSR count). The highest BCUT2D eigenvalue weighted by Crippen LogP contribution is 2.30. The first kappa shape index (κ1) is 24.0. The summed E-state index contributed by atoms with van der Waals surface area (Å²) in [7, 11) is 0. The summed E-state index contributed by atoms with van der Waals surface area (Å²) >= 11 is 1.69. The second kappa shape index (κ2) is 11.8. The Morgan fingerprint density at radius 2 is 1.56 bits per heavy atom. The van der Waals surface area contributed by atoms with E-state index in [1.54, 1.807) is 11.3 Å². The van der Waals surface area contributed by atoms with E-state index in [0.29, 0.717) is 13.0 Å². The molecule has 0 aliphatic carbocycles. The smallest absolute Gasteiger partial charge is 0.309 e. The summed E-state index contributed by atoms with van der Waals surface area (Å²) < 4.78 is 0. The third-order valence-electron chi connectivity index (χ3n) is 6.24. The number of amides is 2. The number of para-hydroxylation sites is 1. The number of carbonyl (C=O) groups is 2. The van der Waals surface area contributed by atoms with Crippen LogP contribution in [0.15, 0.2) is 78.2 Å². The van der Waals surface area contributed by atoms with Gasteiger partial charge in [-0.15, -0.1) is 11.3 Å². The molecule has 2 aromatic carbocycles. The number of nitrogens with one attached hydrogen (secondary N) is 2. The molecule has 1 aliphatic heterocycles. The molecule has 7 heteroatoms. The van der Waals surface area contributed by atoms with Gasteiger partial charge in [-0.05, 0) is 42.5 Å². The van der Waals surface area contributed by atoms with Gasteiger partial charge < -0.3 is 15.5 Å². The predicted octanol–water partition coefficient (Wildman–Crippen LogP) is 3.48. The van der Waals surface area contributed by atoms with Crippen LogP contribution in [-0.2, 0) is 16.0 Å². The predicted molar refractivity (Wildman–Crippen MR) is 138 cm³/mol. The van der Waals surface area contributed by atoms with Gasteiger partial charge in [0.15, 0.2) is 0 Å². The quantitative estimate of drug-likeness (QED) is 0.489. The Morgan fingerprint density at radius 1 is 0.882 bits per heavy atom. The molecule has 3 aromatic rings. The Morgan fingerprint density at radius 3 is 2.21 bits per heavy atom. The number of rotatable bonds is 8. The fourth-order valence-corrected chi connectivity index (χ4v) is 5.46. The molecular weight excluding hydrogens is 444 g/mol. The Hall–Kier alpha value is -3.16. The fourth-order valence-electron chi connectivity index (χ4n) is 4.50. The standard InChI is InChI=1S/C27H32N4O2S/c1-21(29-27(33)26(32)28-15-14-22-9-4-2-5-10-22)25(24-13-8-20-34-24)31-18-16-30(17-19-31)23-11-6-3-7-12-23/h2-13,20-21,25H,14-19H2,1H3,(H,28,32)(H,29,33)/t21-,25-/m1/s1. The van der Waals surface area contributed by atoms with Gasteiger partial charge in [-0.2, -0.15) is 0 Å². The first-order valence-corrected chi connectivity index (χ1v) is 12.7. The maximum Gasteiger partial charge on any atom is 0.309 e. The minimum atomic E-state index is -0.582. The number of thiophene rings is 1. The zero-order valence-electron chi connectivity index (χ0n) is 19.5. The van der Waals surface area contributed by atoms with Crippen LogP contribution in [0.3, 0.4) is 0 Å². The number of hydrogen-bond donors (Lipinski definition) is 2. The largest absolute Gasteiger partial charge is 0.369 e. The van der Waals surface area contributed by atoms with Crippen LogP contribution in [-0.4, -0.2) is 55.5 Å². The molecule has 0 saturated carbocycles. The average molecular weight is 477 g/mol. The van der Waals surface area contributed by atoms with Crippen molar-refractivity contribution in [2.75, 3.05) is 37.6 Å². The molecule has 0 unspecified atom stereocenters. The number of nitrogens with zero attached hydrogens (tertiary/aromatic N) is 2. The number of anilines is 1. The zero-order valence-corrected chi connectivity index (χ0v) is 20.3. The van der Waals surface area contributed by atoms with Gasteiger partial charge in [0.05, 0.1) is 6.04 Å². The van der Waals surface area contributed by atoms with E-state index in [9.17, 15) is 9.59 Å². The van der Waals surface area contributed by atoms with Crippen molar-refractivity contribution in [1.82, 2.24) is 15.5 Å². The fraction of sp³-hybridized carbons (Fsp3) is 0.333. The van der Waals surface area contributed by atoms with Gasteiger partial charge in [0.2, 0.25) is 0 Å². The summed E-state index contributed by atoms with van der Waals surface area (Å²) in [5.74, 6) is -1.16. The SMILES string of the molecule is C[C@@H](NC(=O)C(=O)NCCc1ccccc1)[C@H](c1cccs1)N1CCN(c2ccccc2)CC1. The summed E-state index contributed by atoms with van der Waals surface area (Å²) in [5, 5.41) is 7.77. The molecule has 1 aromatic heterocycles. The highest BCUT2D eigenvalue weighted by molar-refractivity contribution is 7.10. The Kier molecular flexibility index (Phi) is 8.33. The van der Waals surface area contributed by atoms with Gasteiger partial charge in [0, 0.05) is 49.3 Å². The molecule has 178 valence electrons. The molecule has 2 atom stereocenters. The third kappa shape index (κ3) is 6.24. The molecule has 0 radical (unpaired) electrons. The van der Waals surface area contributed by atoms with Crippen molar-refractivity contribution >= 4 is 28.8 Å². The van der Waals surface area contributed by atoms with E-state index in [0.717, 1.165) is 31.7 Å². The van der Waals surface area contributed by atoms with Crippen LogP contribution in [0.1, 0.15) is 23.4 Å². The van der Waals surface area contributed by atoms with E-state index >= 15 is 0 Å². The third-order valence-corrected chi connectivity index (χ3v) is 7.19. The summed E-state index contributed by atoms with van der Waals surface area (Å²) in [4.78, 5) is 31.1. The van der Waals surface area contributed by atoms with Crippen LogP contribution in [0.2, 0.25) is 0 Å².